The van der Waals surface area contributed by atoms with Crippen LogP contribution in [-0.2, 0) is 13.9 Å². The van der Waals surface area contributed by atoms with E-state index in [4.69, 9.17) is 13.9 Å². The van der Waals surface area contributed by atoms with Crippen LogP contribution in [0.1, 0.15) is 110 Å². The van der Waals surface area contributed by atoms with Gasteiger partial charge in [-0.15, -0.1) is 0 Å². The molecule has 0 saturated carbocycles. The van der Waals surface area contributed by atoms with Crippen molar-refractivity contribution in [1.82, 2.24) is 0 Å². The number of hydrogen-bond acceptors (Lipinski definition) is 4. The summed E-state index contributed by atoms with van der Waals surface area (Å²) < 4.78 is 18.4. The average molecular weight is 517 g/mol. The highest BCUT2D eigenvalue weighted by molar-refractivity contribution is 6.74. The first-order chi connectivity index (χ1) is 17.1. The van der Waals surface area contributed by atoms with Crippen LogP contribution < -0.4 is 0 Å². The summed E-state index contributed by atoms with van der Waals surface area (Å²) in [5.41, 5.74) is 0.988. The lowest BCUT2D eigenvalue weighted by Gasteiger charge is -2.40. The molecule has 4 atom stereocenters. The van der Waals surface area contributed by atoms with Crippen molar-refractivity contribution in [1.29, 1.82) is 0 Å². The summed E-state index contributed by atoms with van der Waals surface area (Å²) in [5.74, 6) is 6.17. The SMILES string of the molecule is CCCCCCCCCCCC[C@@H](O[Si](C)(C)C(C)(C)C)[C@H](O)C#C[C@H]1CO[C@H](c2ccccc2)O1. The van der Waals surface area contributed by atoms with E-state index in [1.165, 1.54) is 57.8 Å². The summed E-state index contributed by atoms with van der Waals surface area (Å²) >= 11 is 0. The van der Waals surface area contributed by atoms with E-state index >= 15 is 0 Å². The molecule has 2 rings (SSSR count). The molecule has 1 heterocycles. The second-order valence-corrected chi connectivity index (χ2v) is 16.6. The lowest BCUT2D eigenvalue weighted by Crippen LogP contribution is -2.47. The molecule has 0 radical (unpaired) electrons. The third-order valence-corrected chi connectivity index (χ3v) is 12.1. The molecule has 0 spiro atoms. The number of unbranched alkanes of at least 4 members (excludes halogenated alkanes) is 9. The minimum atomic E-state index is -2.03. The predicted octanol–water partition coefficient (Wildman–Crippen LogP) is 8.17. The Kier molecular flexibility index (Phi) is 13.8. The Morgan fingerprint density at radius 1 is 0.972 bits per heavy atom. The minimum absolute atomic E-state index is 0.0848. The first kappa shape index (κ1) is 31.1. The van der Waals surface area contributed by atoms with Gasteiger partial charge in [0.2, 0.25) is 0 Å². The van der Waals surface area contributed by atoms with Crippen molar-refractivity contribution in [3.05, 3.63) is 35.9 Å². The fourth-order valence-corrected chi connectivity index (χ4v) is 5.56. The Morgan fingerprint density at radius 3 is 2.14 bits per heavy atom. The van der Waals surface area contributed by atoms with Crippen molar-refractivity contribution in [2.75, 3.05) is 6.61 Å². The first-order valence-corrected chi connectivity index (χ1v) is 17.2. The van der Waals surface area contributed by atoms with Crippen LogP contribution in [0.25, 0.3) is 0 Å². The molecule has 0 unspecified atom stereocenters. The van der Waals surface area contributed by atoms with Crippen molar-refractivity contribution >= 4 is 8.32 Å². The Hall–Kier alpha value is -1.16. The second kappa shape index (κ2) is 15.9. The fourth-order valence-electron chi connectivity index (χ4n) is 4.20. The molecule has 0 aromatic heterocycles. The molecule has 1 aromatic carbocycles. The van der Waals surface area contributed by atoms with E-state index in [1.54, 1.807) is 0 Å². The lowest BCUT2D eigenvalue weighted by molar-refractivity contribution is -0.0522. The summed E-state index contributed by atoms with van der Waals surface area (Å²) in [5, 5.41) is 11.1. The van der Waals surface area contributed by atoms with Crippen molar-refractivity contribution in [2.45, 2.75) is 141 Å². The summed E-state index contributed by atoms with van der Waals surface area (Å²) in [6.45, 7) is 13.9. The summed E-state index contributed by atoms with van der Waals surface area (Å²) in [6.07, 6.45) is 12.0. The maximum Gasteiger partial charge on any atom is 0.192 e. The Morgan fingerprint density at radius 2 is 1.56 bits per heavy atom. The quantitative estimate of drug-likeness (QED) is 0.145. The van der Waals surface area contributed by atoms with E-state index in [1.807, 2.05) is 30.3 Å². The van der Waals surface area contributed by atoms with Crippen molar-refractivity contribution in [3.63, 3.8) is 0 Å². The van der Waals surface area contributed by atoms with Crippen molar-refractivity contribution in [2.24, 2.45) is 0 Å². The third kappa shape index (κ3) is 11.1. The topological polar surface area (TPSA) is 47.9 Å². The van der Waals surface area contributed by atoms with Gasteiger partial charge < -0.3 is 19.0 Å². The normalized spacial score (nSPS) is 20.1. The number of rotatable bonds is 15. The van der Waals surface area contributed by atoms with Gasteiger partial charge in [0.15, 0.2) is 14.6 Å². The number of aliphatic hydroxyl groups is 1. The van der Waals surface area contributed by atoms with Gasteiger partial charge in [-0.1, -0.05) is 134 Å². The van der Waals surface area contributed by atoms with Gasteiger partial charge in [-0.25, -0.2) is 0 Å². The van der Waals surface area contributed by atoms with E-state index in [9.17, 15) is 5.11 Å². The summed E-state index contributed by atoms with van der Waals surface area (Å²) in [4.78, 5) is 0. The van der Waals surface area contributed by atoms with Crippen LogP contribution in [0, 0.1) is 11.8 Å². The molecule has 5 heteroatoms. The van der Waals surface area contributed by atoms with Gasteiger partial charge in [-0.2, -0.15) is 0 Å². The van der Waals surface area contributed by atoms with Gasteiger partial charge in [-0.3, -0.25) is 0 Å². The molecule has 1 fully saturated rings. The Bertz CT molecular complexity index is 777. The average Bonchev–Trinajstić information content (AvgIpc) is 3.32. The second-order valence-electron chi connectivity index (χ2n) is 11.8. The van der Waals surface area contributed by atoms with Crippen molar-refractivity contribution in [3.8, 4) is 11.8 Å². The zero-order chi connectivity index (χ0) is 26.4. The van der Waals surface area contributed by atoms with E-state index in [0.29, 0.717) is 6.61 Å². The molecule has 0 amide bonds. The zero-order valence-corrected chi connectivity index (χ0v) is 24.9. The van der Waals surface area contributed by atoms with E-state index in [-0.39, 0.29) is 17.2 Å². The third-order valence-electron chi connectivity index (χ3n) is 7.60. The van der Waals surface area contributed by atoms with Crippen LogP contribution in [0.2, 0.25) is 18.1 Å². The molecule has 1 aromatic rings. The minimum Gasteiger partial charge on any atom is -0.410 e. The van der Waals surface area contributed by atoms with Gasteiger partial charge in [0.05, 0.1) is 12.7 Å². The van der Waals surface area contributed by atoms with Crippen LogP contribution in [0.5, 0.6) is 0 Å². The van der Waals surface area contributed by atoms with Gasteiger partial charge in [0.1, 0.15) is 12.2 Å². The van der Waals surface area contributed by atoms with Crippen LogP contribution in [0.3, 0.4) is 0 Å². The van der Waals surface area contributed by atoms with Gasteiger partial charge in [0, 0.05) is 5.56 Å². The highest BCUT2D eigenvalue weighted by Crippen LogP contribution is 2.38. The van der Waals surface area contributed by atoms with E-state index in [0.717, 1.165) is 18.4 Å². The maximum atomic E-state index is 11.1. The van der Waals surface area contributed by atoms with Gasteiger partial charge in [0.25, 0.3) is 0 Å². The summed E-state index contributed by atoms with van der Waals surface area (Å²) in [7, 11) is -2.03. The molecule has 36 heavy (non-hydrogen) atoms. The number of hydrogen-bond donors (Lipinski definition) is 1. The molecule has 1 saturated heterocycles. The van der Waals surface area contributed by atoms with E-state index in [2.05, 4.69) is 52.6 Å². The largest absolute Gasteiger partial charge is 0.410 e. The van der Waals surface area contributed by atoms with Crippen LogP contribution in [0.15, 0.2) is 30.3 Å². The number of benzene rings is 1. The Balaban J connectivity index is 1.85. The molecule has 1 N–H and O–H groups in total. The van der Waals surface area contributed by atoms with Crippen LogP contribution in [0.4, 0.5) is 0 Å². The molecule has 0 bridgehead atoms. The highest BCUT2D eigenvalue weighted by atomic mass is 28.4. The van der Waals surface area contributed by atoms with Crippen LogP contribution >= 0.6 is 0 Å². The van der Waals surface area contributed by atoms with Crippen LogP contribution in [-0.4, -0.2) is 38.3 Å². The smallest absolute Gasteiger partial charge is 0.192 e. The standard InChI is InChI=1S/C31H52O4Si/c1-7-8-9-10-11-12-13-14-15-19-22-29(35-36(5,6)31(2,3)4)28(32)24-23-27-25-33-30(34-27)26-20-17-16-18-21-26/h16-18,20-21,27-30,32H,7-15,19,22,25H2,1-6H3/t27-,28+,29+,30-/m0/s1. The fraction of sp³-hybridized carbons (Fsp3) is 0.742. The molecule has 204 valence electrons. The number of ether oxygens (including phenoxy) is 2. The van der Waals surface area contributed by atoms with Gasteiger partial charge in [-0.05, 0) is 24.6 Å². The Labute approximate surface area is 222 Å². The first-order valence-electron chi connectivity index (χ1n) is 14.3. The lowest BCUT2D eigenvalue weighted by atomic mass is 10.0. The van der Waals surface area contributed by atoms with Gasteiger partial charge >= 0.3 is 0 Å². The molecular formula is C31H52O4Si. The molecule has 1 aliphatic rings. The monoisotopic (exact) mass is 516 g/mol. The molecule has 4 nitrogen and oxygen atoms in total. The maximum absolute atomic E-state index is 11.1. The molecule has 0 aliphatic carbocycles. The van der Waals surface area contributed by atoms with Crippen molar-refractivity contribution < 1.29 is 19.0 Å². The number of aliphatic hydroxyl groups excluding tert-OH is 1. The highest BCUT2D eigenvalue weighted by Gasteiger charge is 2.40. The van der Waals surface area contributed by atoms with E-state index < -0.39 is 20.7 Å². The molecule has 1 aliphatic heterocycles. The summed E-state index contributed by atoms with van der Waals surface area (Å²) in [6, 6.07) is 9.90. The zero-order valence-electron chi connectivity index (χ0n) is 23.9. The predicted molar refractivity (Wildman–Crippen MR) is 152 cm³/mol. The molecular weight excluding hydrogens is 464 g/mol.